The van der Waals surface area contributed by atoms with Crippen LogP contribution in [-0.2, 0) is 7.05 Å². The third-order valence-corrected chi connectivity index (χ3v) is 4.79. The van der Waals surface area contributed by atoms with Gasteiger partial charge in [-0.25, -0.2) is 4.99 Å². The van der Waals surface area contributed by atoms with E-state index >= 15 is 0 Å². The highest BCUT2D eigenvalue weighted by Gasteiger charge is 2.04. The van der Waals surface area contributed by atoms with Gasteiger partial charge in [-0.05, 0) is 29.8 Å². The molecule has 23 heavy (non-hydrogen) atoms. The van der Waals surface area contributed by atoms with Gasteiger partial charge in [-0.15, -0.1) is 28.3 Å². The Morgan fingerprint density at radius 1 is 1.13 bits per heavy atom. The molecular formula is C17H16Br2N2OS. The molecular weight excluding hydrogens is 440 g/mol. The van der Waals surface area contributed by atoms with Crippen molar-refractivity contribution in [3.05, 3.63) is 63.2 Å². The van der Waals surface area contributed by atoms with Gasteiger partial charge in [0, 0.05) is 23.0 Å². The van der Waals surface area contributed by atoms with E-state index in [1.165, 1.54) is 5.56 Å². The number of thiazole rings is 1. The molecule has 0 atom stereocenters. The minimum absolute atomic E-state index is 0. The summed E-state index contributed by atoms with van der Waals surface area (Å²) in [4.78, 5) is 5.66. The van der Waals surface area contributed by atoms with Crippen molar-refractivity contribution in [2.75, 3.05) is 7.11 Å². The minimum Gasteiger partial charge on any atom is -0.497 e. The molecule has 2 aromatic carbocycles. The molecule has 0 unspecified atom stereocenters. The molecule has 0 fully saturated rings. The molecule has 3 rings (SSSR count). The Morgan fingerprint density at radius 2 is 1.87 bits per heavy atom. The largest absolute Gasteiger partial charge is 0.497 e. The van der Waals surface area contributed by atoms with E-state index in [9.17, 15) is 0 Å². The summed E-state index contributed by atoms with van der Waals surface area (Å²) in [5, 5.41) is 2.13. The Labute approximate surface area is 158 Å². The van der Waals surface area contributed by atoms with Crippen molar-refractivity contribution >= 4 is 49.9 Å². The van der Waals surface area contributed by atoms with E-state index in [4.69, 9.17) is 9.73 Å². The smallest absolute Gasteiger partial charge is 0.190 e. The normalized spacial score (nSPS) is 11.2. The summed E-state index contributed by atoms with van der Waals surface area (Å²) >= 11 is 5.09. The lowest BCUT2D eigenvalue weighted by atomic mass is 10.2. The summed E-state index contributed by atoms with van der Waals surface area (Å²) in [5.74, 6) is 0.814. The lowest BCUT2D eigenvalue weighted by Gasteiger charge is -2.03. The molecule has 0 amide bonds. The summed E-state index contributed by atoms with van der Waals surface area (Å²) in [5.41, 5.74) is 3.22. The SMILES string of the molecule is Br.COc1cccc(N=c2scc(-c3ccc(Br)cc3)n2C)c1. The standard InChI is InChI=1S/C17H15BrN2OS.BrH/c1-20-16(12-6-8-13(18)9-7-12)11-22-17(20)19-14-4-3-5-15(10-14)21-2;/h3-11H,1-2H3;1H. The van der Waals surface area contributed by atoms with Gasteiger partial charge < -0.3 is 9.30 Å². The van der Waals surface area contributed by atoms with Gasteiger partial charge in [0.15, 0.2) is 4.80 Å². The van der Waals surface area contributed by atoms with Gasteiger partial charge in [-0.2, -0.15) is 0 Å². The maximum absolute atomic E-state index is 5.24. The first-order chi connectivity index (χ1) is 10.7. The quantitative estimate of drug-likeness (QED) is 0.523. The molecule has 3 nitrogen and oxygen atoms in total. The summed E-state index contributed by atoms with van der Waals surface area (Å²) in [6.07, 6.45) is 0. The third-order valence-electron chi connectivity index (χ3n) is 3.34. The maximum atomic E-state index is 5.24. The molecule has 120 valence electrons. The molecule has 0 aliphatic carbocycles. The molecule has 0 radical (unpaired) electrons. The zero-order valence-electron chi connectivity index (χ0n) is 12.7. The molecule has 0 saturated carbocycles. The molecule has 1 heterocycles. The Kier molecular flexibility index (Phi) is 6.21. The van der Waals surface area contributed by atoms with Crippen LogP contribution in [0.5, 0.6) is 5.75 Å². The van der Waals surface area contributed by atoms with Crippen molar-refractivity contribution in [3.63, 3.8) is 0 Å². The zero-order valence-corrected chi connectivity index (χ0v) is 16.8. The van der Waals surface area contributed by atoms with Gasteiger partial charge in [0.05, 0.1) is 18.5 Å². The predicted octanol–water partition coefficient (Wildman–Crippen LogP) is 5.34. The molecule has 6 heteroatoms. The van der Waals surface area contributed by atoms with Crippen molar-refractivity contribution in [2.24, 2.45) is 12.0 Å². The second-order valence-electron chi connectivity index (χ2n) is 4.78. The van der Waals surface area contributed by atoms with Gasteiger partial charge >= 0.3 is 0 Å². The molecule has 0 aliphatic heterocycles. The second kappa shape index (κ2) is 7.95. The lowest BCUT2D eigenvalue weighted by Crippen LogP contribution is -2.10. The highest BCUT2D eigenvalue weighted by molar-refractivity contribution is 9.10. The van der Waals surface area contributed by atoms with E-state index in [1.807, 2.05) is 43.4 Å². The highest BCUT2D eigenvalue weighted by Crippen LogP contribution is 2.23. The number of methoxy groups -OCH3 is 1. The van der Waals surface area contributed by atoms with Gasteiger partial charge in [-0.3, -0.25) is 0 Å². The first kappa shape index (κ1) is 18.0. The van der Waals surface area contributed by atoms with Gasteiger partial charge in [-0.1, -0.05) is 34.1 Å². The number of aromatic nitrogens is 1. The van der Waals surface area contributed by atoms with Crippen LogP contribution in [0.25, 0.3) is 11.3 Å². The Morgan fingerprint density at radius 3 is 2.57 bits per heavy atom. The number of ether oxygens (including phenoxy) is 1. The second-order valence-corrected chi connectivity index (χ2v) is 6.53. The monoisotopic (exact) mass is 454 g/mol. The maximum Gasteiger partial charge on any atom is 0.190 e. The van der Waals surface area contributed by atoms with Crippen molar-refractivity contribution in [2.45, 2.75) is 0 Å². The number of rotatable bonds is 3. The fraction of sp³-hybridized carbons (Fsp3) is 0.118. The van der Waals surface area contributed by atoms with E-state index < -0.39 is 0 Å². The Bertz CT molecular complexity index is 854. The van der Waals surface area contributed by atoms with Crippen LogP contribution in [0, 0.1) is 0 Å². The van der Waals surface area contributed by atoms with Crippen molar-refractivity contribution in [3.8, 4) is 17.0 Å². The van der Waals surface area contributed by atoms with E-state index in [0.717, 1.165) is 26.4 Å². The summed E-state index contributed by atoms with van der Waals surface area (Å²) in [6.45, 7) is 0. The molecule has 3 aromatic rings. The molecule has 0 saturated heterocycles. The van der Waals surface area contributed by atoms with Crippen LogP contribution < -0.4 is 9.54 Å². The van der Waals surface area contributed by atoms with Crippen LogP contribution in [-0.4, -0.2) is 11.7 Å². The number of halogens is 2. The van der Waals surface area contributed by atoms with E-state index in [0.29, 0.717) is 0 Å². The van der Waals surface area contributed by atoms with Crippen LogP contribution in [0.2, 0.25) is 0 Å². The average molecular weight is 456 g/mol. The van der Waals surface area contributed by atoms with Crippen LogP contribution in [0.15, 0.2) is 63.4 Å². The Balaban J connectivity index is 0.00000192. The fourth-order valence-corrected chi connectivity index (χ4v) is 3.33. The highest BCUT2D eigenvalue weighted by atomic mass is 79.9. The predicted molar refractivity (Wildman–Crippen MR) is 105 cm³/mol. The molecule has 0 spiro atoms. The molecule has 0 aliphatic rings. The van der Waals surface area contributed by atoms with Gasteiger partial charge in [0.1, 0.15) is 5.75 Å². The lowest BCUT2D eigenvalue weighted by molar-refractivity contribution is 0.415. The fourth-order valence-electron chi connectivity index (χ4n) is 2.14. The summed E-state index contributed by atoms with van der Waals surface area (Å²) in [6, 6.07) is 16.1. The first-order valence-corrected chi connectivity index (χ1v) is 8.44. The average Bonchev–Trinajstić information content (AvgIpc) is 2.89. The van der Waals surface area contributed by atoms with Crippen LogP contribution in [0.4, 0.5) is 5.69 Å². The zero-order chi connectivity index (χ0) is 15.5. The summed E-state index contributed by atoms with van der Waals surface area (Å²) in [7, 11) is 3.70. The first-order valence-electron chi connectivity index (χ1n) is 6.76. The summed E-state index contributed by atoms with van der Waals surface area (Å²) < 4.78 is 8.42. The molecule has 0 bridgehead atoms. The third kappa shape index (κ3) is 4.13. The van der Waals surface area contributed by atoms with Crippen molar-refractivity contribution in [1.82, 2.24) is 4.57 Å². The number of hydrogen-bond donors (Lipinski definition) is 0. The molecule has 1 aromatic heterocycles. The number of benzene rings is 2. The van der Waals surface area contributed by atoms with Crippen LogP contribution in [0.1, 0.15) is 0 Å². The minimum atomic E-state index is 0. The van der Waals surface area contributed by atoms with E-state index in [2.05, 4.69) is 38.0 Å². The Hall–Kier alpha value is -1.37. The van der Waals surface area contributed by atoms with E-state index in [1.54, 1.807) is 18.4 Å². The molecule has 0 N–H and O–H groups in total. The van der Waals surface area contributed by atoms with Crippen molar-refractivity contribution in [1.29, 1.82) is 0 Å². The topological polar surface area (TPSA) is 26.5 Å². The number of nitrogens with zero attached hydrogens (tertiary/aromatic N) is 2. The number of hydrogen-bond acceptors (Lipinski definition) is 3. The van der Waals surface area contributed by atoms with Gasteiger partial charge in [0.25, 0.3) is 0 Å². The van der Waals surface area contributed by atoms with Gasteiger partial charge in [0.2, 0.25) is 0 Å². The van der Waals surface area contributed by atoms with Crippen LogP contribution >= 0.6 is 44.2 Å². The van der Waals surface area contributed by atoms with Crippen molar-refractivity contribution < 1.29 is 4.74 Å². The van der Waals surface area contributed by atoms with Crippen LogP contribution in [0.3, 0.4) is 0 Å². The van der Waals surface area contributed by atoms with E-state index in [-0.39, 0.29) is 17.0 Å².